The smallest absolute Gasteiger partial charge is 0.325 e. The number of carbonyl (C=O) groups excluding carboxylic acids is 3. The van der Waals surface area contributed by atoms with Gasteiger partial charge in [0.2, 0.25) is 5.91 Å². The second kappa shape index (κ2) is 7.51. The fraction of sp³-hybridized carbons (Fsp3) is 0.381. The molecule has 1 aromatic carbocycles. The fourth-order valence-electron chi connectivity index (χ4n) is 3.53. The van der Waals surface area contributed by atoms with Gasteiger partial charge in [0.05, 0.1) is 7.11 Å². The highest BCUT2D eigenvalue weighted by Crippen LogP contribution is 2.33. The Hall–Kier alpha value is -2.87. The average molecular weight is 413 g/mol. The molecule has 2 heterocycles. The number of thiophene rings is 1. The quantitative estimate of drug-likeness (QED) is 0.708. The molecule has 29 heavy (non-hydrogen) atoms. The number of rotatable bonds is 7. The molecule has 1 aliphatic heterocycles. The minimum atomic E-state index is -1.12. The maximum atomic E-state index is 13.0. The van der Waals surface area contributed by atoms with E-state index in [1.165, 1.54) is 11.3 Å². The molecule has 2 aliphatic rings. The number of urea groups is 1. The van der Waals surface area contributed by atoms with Crippen LogP contribution in [0.25, 0.3) is 0 Å². The second-order valence-electron chi connectivity index (χ2n) is 7.52. The number of hydrogen-bond donors (Lipinski definition) is 1. The molecule has 1 saturated heterocycles. The molecule has 2 fully saturated rings. The van der Waals surface area contributed by atoms with Crippen molar-refractivity contribution in [2.45, 2.75) is 37.9 Å². The van der Waals surface area contributed by atoms with E-state index in [0.29, 0.717) is 6.54 Å². The highest BCUT2D eigenvalue weighted by atomic mass is 32.1. The number of imide groups is 1. The number of hydrogen-bond acceptors (Lipinski definition) is 5. The molecule has 152 valence electrons. The molecule has 0 spiro atoms. The van der Waals surface area contributed by atoms with E-state index in [1.807, 2.05) is 41.8 Å². The third-order valence-corrected chi connectivity index (χ3v) is 6.49. The van der Waals surface area contributed by atoms with Crippen molar-refractivity contribution < 1.29 is 19.1 Å². The van der Waals surface area contributed by atoms with Gasteiger partial charge in [0, 0.05) is 17.5 Å². The Morgan fingerprint density at radius 1 is 1.28 bits per heavy atom. The Morgan fingerprint density at radius 2 is 2.00 bits per heavy atom. The van der Waals surface area contributed by atoms with E-state index in [2.05, 4.69) is 5.32 Å². The summed E-state index contributed by atoms with van der Waals surface area (Å²) in [6.07, 6.45) is 1.88. The summed E-state index contributed by atoms with van der Waals surface area (Å²) in [4.78, 5) is 42.0. The molecule has 1 aromatic heterocycles. The van der Waals surface area contributed by atoms with E-state index < -0.39 is 17.5 Å². The van der Waals surface area contributed by atoms with Crippen molar-refractivity contribution in [1.29, 1.82) is 0 Å². The van der Waals surface area contributed by atoms with Crippen molar-refractivity contribution in [2.24, 2.45) is 0 Å². The van der Waals surface area contributed by atoms with Crippen molar-refractivity contribution in [2.75, 3.05) is 13.7 Å². The number of ether oxygens (including phenoxy) is 1. The summed E-state index contributed by atoms with van der Waals surface area (Å²) in [6.45, 7) is 1.87. The summed E-state index contributed by atoms with van der Waals surface area (Å²) in [6, 6.07) is 10.8. The first-order valence-electron chi connectivity index (χ1n) is 9.53. The van der Waals surface area contributed by atoms with E-state index in [4.69, 9.17) is 4.74 Å². The van der Waals surface area contributed by atoms with Gasteiger partial charge in [0.15, 0.2) is 5.54 Å². The molecule has 2 aromatic rings. The van der Waals surface area contributed by atoms with Crippen LogP contribution in [-0.4, -0.2) is 47.3 Å². The summed E-state index contributed by atoms with van der Waals surface area (Å²) in [5.74, 6) is 0.144. The third kappa shape index (κ3) is 3.72. The summed E-state index contributed by atoms with van der Waals surface area (Å²) < 4.78 is 5.18. The van der Waals surface area contributed by atoms with Crippen LogP contribution in [0.4, 0.5) is 4.79 Å². The van der Waals surface area contributed by atoms with Crippen LogP contribution in [0.1, 0.15) is 30.2 Å². The van der Waals surface area contributed by atoms with E-state index >= 15 is 0 Å². The number of carbonyl (C=O) groups is 3. The standard InChI is InChI=1S/C21H23N3O4S/c1-21(17-4-3-11-29-17)19(26)24(20(27)22-21)13-18(25)23(15-7-8-15)12-14-5-9-16(28-2)10-6-14/h3-6,9-11,15H,7-8,12-13H2,1-2H3,(H,22,27). The average Bonchev–Trinajstić information content (AvgIpc) is 3.35. The first-order chi connectivity index (χ1) is 13.9. The number of amides is 4. The van der Waals surface area contributed by atoms with Crippen LogP contribution in [0.15, 0.2) is 41.8 Å². The van der Waals surface area contributed by atoms with Crippen LogP contribution in [0.5, 0.6) is 5.75 Å². The zero-order chi connectivity index (χ0) is 20.6. The van der Waals surface area contributed by atoms with Crippen molar-refractivity contribution in [3.05, 3.63) is 52.2 Å². The van der Waals surface area contributed by atoms with Crippen molar-refractivity contribution >= 4 is 29.2 Å². The molecular formula is C21H23N3O4S. The van der Waals surface area contributed by atoms with Crippen LogP contribution >= 0.6 is 11.3 Å². The molecule has 8 heteroatoms. The topological polar surface area (TPSA) is 79.0 Å². The van der Waals surface area contributed by atoms with Gasteiger partial charge in [-0.25, -0.2) is 4.79 Å². The number of benzene rings is 1. The molecule has 1 saturated carbocycles. The monoisotopic (exact) mass is 413 g/mol. The van der Waals surface area contributed by atoms with Gasteiger partial charge >= 0.3 is 6.03 Å². The molecule has 1 unspecified atom stereocenters. The zero-order valence-electron chi connectivity index (χ0n) is 16.4. The maximum Gasteiger partial charge on any atom is 0.325 e. The molecule has 0 bridgehead atoms. The van der Waals surface area contributed by atoms with E-state index in [0.717, 1.165) is 33.9 Å². The molecule has 4 amide bonds. The summed E-state index contributed by atoms with van der Waals surface area (Å²) in [7, 11) is 1.61. The largest absolute Gasteiger partial charge is 0.497 e. The third-order valence-electron chi connectivity index (χ3n) is 5.40. The minimum absolute atomic E-state index is 0.161. The lowest BCUT2D eigenvalue weighted by Gasteiger charge is -2.25. The van der Waals surface area contributed by atoms with Gasteiger partial charge in [0.1, 0.15) is 12.3 Å². The first-order valence-corrected chi connectivity index (χ1v) is 10.4. The van der Waals surface area contributed by atoms with Gasteiger partial charge in [-0.3, -0.25) is 14.5 Å². The highest BCUT2D eigenvalue weighted by molar-refractivity contribution is 7.10. The maximum absolute atomic E-state index is 13.0. The van der Waals surface area contributed by atoms with Gasteiger partial charge in [-0.2, -0.15) is 0 Å². The van der Waals surface area contributed by atoms with Gasteiger partial charge in [-0.15, -0.1) is 11.3 Å². The van der Waals surface area contributed by atoms with Crippen LogP contribution in [0.3, 0.4) is 0 Å². The van der Waals surface area contributed by atoms with Gasteiger partial charge in [-0.05, 0) is 48.9 Å². The summed E-state index contributed by atoms with van der Waals surface area (Å²) >= 11 is 1.40. The van der Waals surface area contributed by atoms with Gasteiger partial charge < -0.3 is 15.0 Å². The molecular weight excluding hydrogens is 390 g/mol. The first kappa shape index (κ1) is 19.4. The van der Waals surface area contributed by atoms with Crippen LogP contribution < -0.4 is 10.1 Å². The van der Waals surface area contributed by atoms with Crippen molar-refractivity contribution in [3.63, 3.8) is 0 Å². The van der Waals surface area contributed by atoms with E-state index in [9.17, 15) is 14.4 Å². The summed E-state index contributed by atoms with van der Waals surface area (Å²) in [5, 5.41) is 4.61. The van der Waals surface area contributed by atoms with Crippen molar-refractivity contribution in [3.8, 4) is 5.75 Å². The van der Waals surface area contributed by atoms with Crippen LogP contribution in [0.2, 0.25) is 0 Å². The molecule has 1 N–H and O–H groups in total. The molecule has 0 radical (unpaired) electrons. The summed E-state index contributed by atoms with van der Waals surface area (Å²) in [5.41, 5.74) is -0.141. The number of nitrogens with one attached hydrogen (secondary N) is 1. The lowest BCUT2D eigenvalue weighted by molar-refractivity contribution is -0.139. The predicted molar refractivity (Wildman–Crippen MR) is 108 cm³/mol. The highest BCUT2D eigenvalue weighted by Gasteiger charge is 2.50. The van der Waals surface area contributed by atoms with Crippen molar-refractivity contribution in [1.82, 2.24) is 15.1 Å². The zero-order valence-corrected chi connectivity index (χ0v) is 17.2. The molecule has 1 aliphatic carbocycles. The molecule has 7 nitrogen and oxygen atoms in total. The Morgan fingerprint density at radius 3 is 2.59 bits per heavy atom. The SMILES string of the molecule is COc1ccc(CN(C(=O)CN2C(=O)NC(C)(c3cccs3)C2=O)C2CC2)cc1. The minimum Gasteiger partial charge on any atom is -0.497 e. The van der Waals surface area contributed by atoms with E-state index in [1.54, 1.807) is 18.9 Å². The Balaban J connectivity index is 1.48. The van der Waals surface area contributed by atoms with Crippen LogP contribution in [0, 0.1) is 0 Å². The lowest BCUT2D eigenvalue weighted by atomic mass is 10.0. The molecule has 1 atom stereocenters. The van der Waals surface area contributed by atoms with Gasteiger partial charge in [0.25, 0.3) is 5.91 Å². The second-order valence-corrected chi connectivity index (χ2v) is 8.47. The Kier molecular flexibility index (Phi) is 5.04. The lowest BCUT2D eigenvalue weighted by Crippen LogP contribution is -2.44. The number of methoxy groups -OCH3 is 1. The van der Waals surface area contributed by atoms with Gasteiger partial charge in [-0.1, -0.05) is 18.2 Å². The van der Waals surface area contributed by atoms with Crippen LogP contribution in [-0.2, 0) is 21.7 Å². The molecule has 4 rings (SSSR count). The predicted octanol–water partition coefficient (Wildman–Crippen LogP) is 2.71. The Labute approximate surface area is 173 Å². The fourth-order valence-corrected chi connectivity index (χ4v) is 4.37. The van der Waals surface area contributed by atoms with E-state index in [-0.39, 0.29) is 18.5 Å². The number of nitrogens with zero attached hydrogens (tertiary/aromatic N) is 2. The Bertz CT molecular complexity index is 924. The normalized spacial score (nSPS) is 21.2.